The maximum absolute atomic E-state index is 12.4. The molecule has 1 aliphatic heterocycles. The molecule has 0 amide bonds. The predicted octanol–water partition coefficient (Wildman–Crippen LogP) is 1.61. The molecule has 1 aliphatic carbocycles. The van der Waals surface area contributed by atoms with Crippen LogP contribution in [0.4, 0.5) is 0 Å². The van der Waals surface area contributed by atoms with Crippen molar-refractivity contribution in [3.8, 4) is 0 Å². The number of carbonyl (C=O) groups excluding carboxylic acids is 2. The first-order chi connectivity index (χ1) is 11.0. The van der Waals surface area contributed by atoms with E-state index in [1.165, 1.54) is 28.6 Å². The molecule has 1 saturated heterocycles. The highest BCUT2D eigenvalue weighted by atomic mass is 32.2. The Kier molecular flexibility index (Phi) is 4.50. The van der Waals surface area contributed by atoms with E-state index in [2.05, 4.69) is 0 Å². The van der Waals surface area contributed by atoms with Gasteiger partial charge >= 0.3 is 5.97 Å². The average molecular weight is 337 g/mol. The van der Waals surface area contributed by atoms with Crippen molar-refractivity contribution >= 4 is 21.8 Å². The zero-order chi connectivity index (χ0) is 16.4. The normalized spacial score (nSPS) is 18.8. The van der Waals surface area contributed by atoms with Crippen molar-refractivity contribution in [1.82, 2.24) is 4.31 Å². The summed E-state index contributed by atoms with van der Waals surface area (Å²) in [7, 11) is -3.47. The number of sulfonamides is 1. The predicted molar refractivity (Wildman–Crippen MR) is 82.4 cm³/mol. The van der Waals surface area contributed by atoms with E-state index in [0.717, 1.165) is 25.7 Å². The first kappa shape index (κ1) is 16.1. The van der Waals surface area contributed by atoms with Gasteiger partial charge < -0.3 is 4.74 Å². The number of hydrogen-bond donors (Lipinski definition) is 0. The van der Waals surface area contributed by atoms with Crippen LogP contribution >= 0.6 is 0 Å². The molecule has 0 aromatic heterocycles. The Hall–Kier alpha value is -1.73. The molecule has 1 aromatic carbocycles. The van der Waals surface area contributed by atoms with E-state index in [9.17, 15) is 18.0 Å². The number of hydrogen-bond acceptors (Lipinski definition) is 5. The first-order valence-corrected chi connectivity index (χ1v) is 9.22. The second kappa shape index (κ2) is 6.41. The minimum Gasteiger partial charge on any atom is -0.457 e. The lowest BCUT2D eigenvalue weighted by molar-refractivity contribution is -0.144. The Morgan fingerprint density at radius 2 is 1.70 bits per heavy atom. The number of Topliss-reactive ketones (excluding diaryl/α,β-unsaturated/α-hetero) is 1. The summed E-state index contributed by atoms with van der Waals surface area (Å²) in [6, 6.07) is 5.81. The third kappa shape index (κ3) is 3.61. The topological polar surface area (TPSA) is 80.8 Å². The van der Waals surface area contributed by atoms with Crippen LogP contribution in [0.15, 0.2) is 29.2 Å². The fourth-order valence-electron chi connectivity index (χ4n) is 2.55. The van der Waals surface area contributed by atoms with Crippen LogP contribution < -0.4 is 0 Å². The van der Waals surface area contributed by atoms with Crippen molar-refractivity contribution in [3.05, 3.63) is 29.8 Å². The molecule has 0 bridgehead atoms. The van der Waals surface area contributed by atoms with Crippen LogP contribution in [0.2, 0.25) is 0 Å². The molecule has 124 valence electrons. The van der Waals surface area contributed by atoms with Crippen molar-refractivity contribution in [2.45, 2.75) is 30.6 Å². The van der Waals surface area contributed by atoms with E-state index < -0.39 is 10.0 Å². The van der Waals surface area contributed by atoms with Crippen molar-refractivity contribution < 1.29 is 22.7 Å². The summed E-state index contributed by atoms with van der Waals surface area (Å²) < 4.78 is 31.2. The van der Waals surface area contributed by atoms with Gasteiger partial charge in [0, 0.05) is 18.7 Å². The van der Waals surface area contributed by atoms with Gasteiger partial charge in [-0.2, -0.15) is 4.31 Å². The van der Waals surface area contributed by atoms with Crippen molar-refractivity contribution in [3.63, 3.8) is 0 Å². The minimum atomic E-state index is -3.47. The Bertz CT molecular complexity index is 700. The molecule has 2 fully saturated rings. The van der Waals surface area contributed by atoms with E-state index in [1.807, 2.05) is 0 Å². The van der Waals surface area contributed by atoms with Gasteiger partial charge in [0.05, 0.1) is 10.8 Å². The SMILES string of the molecule is O=C(COC(=O)C1CC1)c1ccc(S(=O)(=O)N2CCCC2)cc1. The third-order valence-corrected chi connectivity index (χ3v) is 6.05. The van der Waals surface area contributed by atoms with Gasteiger partial charge in [-0.1, -0.05) is 0 Å². The summed E-state index contributed by atoms with van der Waals surface area (Å²) in [5.74, 6) is -0.702. The minimum absolute atomic E-state index is 0.0456. The first-order valence-electron chi connectivity index (χ1n) is 7.78. The molecule has 2 aliphatic rings. The number of nitrogens with zero attached hydrogens (tertiary/aromatic N) is 1. The van der Waals surface area contributed by atoms with Gasteiger partial charge in [-0.3, -0.25) is 9.59 Å². The number of ketones is 1. The summed E-state index contributed by atoms with van der Waals surface area (Å²) in [4.78, 5) is 23.6. The molecule has 23 heavy (non-hydrogen) atoms. The molecule has 0 N–H and O–H groups in total. The van der Waals surface area contributed by atoms with E-state index in [-0.39, 0.29) is 29.2 Å². The quantitative estimate of drug-likeness (QED) is 0.582. The van der Waals surface area contributed by atoms with Gasteiger partial charge in [0.25, 0.3) is 0 Å². The monoisotopic (exact) mass is 337 g/mol. The Morgan fingerprint density at radius 1 is 1.09 bits per heavy atom. The summed E-state index contributed by atoms with van der Waals surface area (Å²) in [6.45, 7) is 0.786. The lowest BCUT2D eigenvalue weighted by atomic mass is 10.1. The van der Waals surface area contributed by atoms with E-state index in [1.54, 1.807) is 0 Å². The fraction of sp³-hybridized carbons (Fsp3) is 0.500. The van der Waals surface area contributed by atoms with Gasteiger partial charge in [0.2, 0.25) is 10.0 Å². The summed E-state index contributed by atoms with van der Waals surface area (Å²) in [5.41, 5.74) is 0.342. The molecular weight excluding hydrogens is 318 g/mol. The molecule has 3 rings (SSSR count). The lowest BCUT2D eigenvalue weighted by Gasteiger charge is -2.15. The van der Waals surface area contributed by atoms with Crippen LogP contribution in [0, 0.1) is 5.92 Å². The van der Waals surface area contributed by atoms with Crippen molar-refractivity contribution in [2.75, 3.05) is 19.7 Å². The summed E-state index contributed by atoms with van der Waals surface area (Å²) >= 11 is 0. The third-order valence-electron chi connectivity index (χ3n) is 4.14. The molecule has 6 nitrogen and oxygen atoms in total. The molecule has 0 radical (unpaired) electrons. The van der Waals surface area contributed by atoms with Crippen LogP contribution in [0.25, 0.3) is 0 Å². The summed E-state index contributed by atoms with van der Waals surface area (Å²) in [6.07, 6.45) is 3.41. The number of carbonyl (C=O) groups is 2. The van der Waals surface area contributed by atoms with Crippen LogP contribution in [0.3, 0.4) is 0 Å². The highest BCUT2D eigenvalue weighted by molar-refractivity contribution is 7.89. The molecule has 0 atom stereocenters. The Morgan fingerprint density at radius 3 is 2.26 bits per heavy atom. The standard InChI is InChI=1S/C16H19NO5S/c18-15(11-22-16(19)13-3-4-13)12-5-7-14(8-6-12)23(20,21)17-9-1-2-10-17/h5-8,13H,1-4,9-11H2. The molecule has 7 heteroatoms. The molecule has 1 saturated carbocycles. The van der Waals surface area contributed by atoms with E-state index >= 15 is 0 Å². The molecule has 0 spiro atoms. The fourth-order valence-corrected chi connectivity index (χ4v) is 4.06. The molecule has 1 heterocycles. The van der Waals surface area contributed by atoms with E-state index in [4.69, 9.17) is 4.74 Å². The zero-order valence-corrected chi connectivity index (χ0v) is 13.5. The van der Waals surface area contributed by atoms with Crippen LogP contribution in [-0.4, -0.2) is 44.2 Å². The lowest BCUT2D eigenvalue weighted by Crippen LogP contribution is -2.27. The number of benzene rings is 1. The Balaban J connectivity index is 1.64. The zero-order valence-electron chi connectivity index (χ0n) is 12.7. The smallest absolute Gasteiger partial charge is 0.309 e. The molecular formula is C16H19NO5S. The largest absolute Gasteiger partial charge is 0.457 e. The number of ether oxygens (including phenoxy) is 1. The Labute approximate surface area is 135 Å². The van der Waals surface area contributed by atoms with Crippen LogP contribution in [-0.2, 0) is 19.6 Å². The second-order valence-electron chi connectivity index (χ2n) is 5.94. The number of esters is 1. The second-order valence-corrected chi connectivity index (χ2v) is 7.88. The van der Waals surface area contributed by atoms with Crippen LogP contribution in [0.1, 0.15) is 36.0 Å². The van der Waals surface area contributed by atoms with Gasteiger partial charge in [-0.05, 0) is 49.9 Å². The summed E-state index contributed by atoms with van der Waals surface area (Å²) in [5, 5.41) is 0. The molecule has 1 aromatic rings. The average Bonchev–Trinajstić information content (AvgIpc) is 3.26. The van der Waals surface area contributed by atoms with Gasteiger partial charge in [0.15, 0.2) is 12.4 Å². The van der Waals surface area contributed by atoms with Gasteiger partial charge in [-0.15, -0.1) is 0 Å². The van der Waals surface area contributed by atoms with Crippen molar-refractivity contribution in [1.29, 1.82) is 0 Å². The maximum atomic E-state index is 12.4. The maximum Gasteiger partial charge on any atom is 0.309 e. The van der Waals surface area contributed by atoms with Crippen molar-refractivity contribution in [2.24, 2.45) is 5.92 Å². The van der Waals surface area contributed by atoms with Gasteiger partial charge in [-0.25, -0.2) is 8.42 Å². The highest BCUT2D eigenvalue weighted by Crippen LogP contribution is 2.30. The van der Waals surface area contributed by atoms with E-state index in [0.29, 0.717) is 18.7 Å². The highest BCUT2D eigenvalue weighted by Gasteiger charge is 2.31. The van der Waals surface area contributed by atoms with Gasteiger partial charge in [0.1, 0.15) is 0 Å². The number of rotatable bonds is 6. The molecule has 0 unspecified atom stereocenters. The van der Waals surface area contributed by atoms with Crippen LogP contribution in [0.5, 0.6) is 0 Å².